The van der Waals surface area contributed by atoms with Crippen molar-refractivity contribution in [3.05, 3.63) is 126 Å². The summed E-state index contributed by atoms with van der Waals surface area (Å²) in [6.45, 7) is 3.34. The molecule has 0 aliphatic rings. The molecule has 0 aliphatic heterocycles. The highest BCUT2D eigenvalue weighted by atomic mass is 79.9. The van der Waals surface area contributed by atoms with Crippen LogP contribution in [0.1, 0.15) is 32.1 Å². The van der Waals surface area contributed by atoms with E-state index in [0.717, 1.165) is 0 Å². The summed E-state index contributed by atoms with van der Waals surface area (Å²) in [5.41, 5.74) is 0.0218. The molecule has 0 aliphatic carbocycles. The molecule has 0 saturated carbocycles. The Morgan fingerprint density at radius 3 is 1.59 bits per heavy atom. The van der Waals surface area contributed by atoms with Crippen molar-refractivity contribution in [3.63, 3.8) is 0 Å². The van der Waals surface area contributed by atoms with Crippen LogP contribution in [0.3, 0.4) is 0 Å². The summed E-state index contributed by atoms with van der Waals surface area (Å²) >= 11 is 3.21. The average Bonchev–Trinajstić information content (AvgIpc) is 2.84. The van der Waals surface area contributed by atoms with E-state index < -0.39 is 34.7 Å². The number of hydrogen-bond donors (Lipinski definition) is 2. The normalized spacial score (nSPS) is 10.4. The first kappa shape index (κ1) is 27.2. The van der Waals surface area contributed by atoms with E-state index >= 15 is 0 Å². The molecule has 8 nitrogen and oxygen atoms in total. The molecule has 0 unspecified atom stereocenters. The molecule has 0 fully saturated rings. The van der Waals surface area contributed by atoms with Crippen molar-refractivity contribution in [1.82, 2.24) is 9.13 Å². The van der Waals surface area contributed by atoms with E-state index in [1.54, 1.807) is 13.8 Å². The Morgan fingerprint density at radius 2 is 1.14 bits per heavy atom. The summed E-state index contributed by atoms with van der Waals surface area (Å²) < 4.78 is 28.7. The van der Waals surface area contributed by atoms with Crippen molar-refractivity contribution >= 4 is 27.9 Å². The van der Waals surface area contributed by atoms with Crippen molar-refractivity contribution < 1.29 is 28.6 Å². The van der Waals surface area contributed by atoms with E-state index in [1.807, 2.05) is 0 Å². The SMILES string of the molecule is Cc1c(Br)cc(C(=O)O)c(=O)n1-c1ccc(F)cc1.Cc1ccc(C(=O)O)c(=O)n1-c1ccc(F)cc1. The summed E-state index contributed by atoms with van der Waals surface area (Å²) in [7, 11) is 0. The van der Waals surface area contributed by atoms with Gasteiger partial charge in [-0.05, 0) is 96.5 Å². The topological polar surface area (TPSA) is 119 Å². The van der Waals surface area contributed by atoms with Crippen LogP contribution < -0.4 is 11.1 Å². The van der Waals surface area contributed by atoms with Crippen molar-refractivity contribution in [1.29, 1.82) is 0 Å². The van der Waals surface area contributed by atoms with Gasteiger partial charge < -0.3 is 10.2 Å². The summed E-state index contributed by atoms with van der Waals surface area (Å²) in [6.07, 6.45) is 0. The van der Waals surface area contributed by atoms with Crippen LogP contribution in [0.15, 0.2) is 80.8 Å². The number of nitrogens with zero attached hydrogens (tertiary/aromatic N) is 2. The standard InChI is InChI=1S/C13H9BrFNO3.C13H10FNO3/c1-7-11(14)6-10(13(18)19)12(17)16(7)9-4-2-8(15)3-5-9;1-8-2-7-11(13(17)18)12(16)15(8)10-5-3-9(14)4-6-10/h2-6H,1H3,(H,18,19);2-7H,1H3,(H,17,18). The molecule has 4 aromatic rings. The maximum Gasteiger partial charge on any atom is 0.341 e. The van der Waals surface area contributed by atoms with Gasteiger partial charge in [0.05, 0.1) is 0 Å². The van der Waals surface area contributed by atoms with E-state index in [4.69, 9.17) is 10.2 Å². The van der Waals surface area contributed by atoms with Gasteiger partial charge in [-0.2, -0.15) is 0 Å². The summed E-state index contributed by atoms with van der Waals surface area (Å²) in [5, 5.41) is 17.9. The number of aromatic carboxylic acids is 2. The summed E-state index contributed by atoms with van der Waals surface area (Å²) in [5.74, 6) is -3.43. The van der Waals surface area contributed by atoms with Gasteiger partial charge in [-0.25, -0.2) is 18.4 Å². The average molecular weight is 573 g/mol. The number of aryl methyl sites for hydroxylation is 1. The Bertz CT molecular complexity index is 1610. The number of carboxylic acid groups (broad SMARTS) is 2. The van der Waals surface area contributed by atoms with Crippen molar-refractivity contribution in [2.45, 2.75) is 13.8 Å². The zero-order valence-corrected chi connectivity index (χ0v) is 21.0. The smallest absolute Gasteiger partial charge is 0.341 e. The fraction of sp³-hybridized carbons (Fsp3) is 0.0769. The van der Waals surface area contributed by atoms with Crippen LogP contribution in [0.2, 0.25) is 0 Å². The van der Waals surface area contributed by atoms with Gasteiger partial charge in [-0.3, -0.25) is 18.7 Å². The number of hydrogen-bond acceptors (Lipinski definition) is 4. The second-order valence-corrected chi connectivity index (χ2v) is 8.58. The van der Waals surface area contributed by atoms with Gasteiger partial charge in [-0.15, -0.1) is 0 Å². The van der Waals surface area contributed by atoms with Crippen LogP contribution in [-0.2, 0) is 0 Å². The molecule has 0 radical (unpaired) electrons. The van der Waals surface area contributed by atoms with Crippen LogP contribution in [0, 0.1) is 25.5 Å². The molecule has 190 valence electrons. The van der Waals surface area contributed by atoms with Gasteiger partial charge in [0.15, 0.2) is 0 Å². The van der Waals surface area contributed by atoms with Gasteiger partial charge in [-0.1, -0.05) is 0 Å². The van der Waals surface area contributed by atoms with E-state index in [1.165, 1.54) is 75.9 Å². The molecular formula is C26H19BrF2N2O6. The molecule has 2 aromatic heterocycles. The Labute approximate surface area is 216 Å². The molecule has 2 heterocycles. The molecule has 37 heavy (non-hydrogen) atoms. The zero-order valence-electron chi connectivity index (χ0n) is 19.4. The number of pyridine rings is 2. The van der Waals surface area contributed by atoms with Crippen LogP contribution >= 0.6 is 15.9 Å². The summed E-state index contributed by atoms with van der Waals surface area (Å²) in [4.78, 5) is 46.1. The van der Waals surface area contributed by atoms with Crippen LogP contribution in [0.25, 0.3) is 11.4 Å². The van der Waals surface area contributed by atoms with Crippen LogP contribution in [0.5, 0.6) is 0 Å². The fourth-order valence-corrected chi connectivity index (χ4v) is 3.84. The Morgan fingerprint density at radius 1 is 0.703 bits per heavy atom. The molecule has 4 rings (SSSR count). The van der Waals surface area contributed by atoms with E-state index in [-0.39, 0.29) is 11.1 Å². The maximum absolute atomic E-state index is 12.9. The number of halogens is 3. The van der Waals surface area contributed by atoms with Crippen LogP contribution in [-0.4, -0.2) is 31.3 Å². The third kappa shape index (κ3) is 5.89. The highest BCUT2D eigenvalue weighted by Gasteiger charge is 2.17. The lowest BCUT2D eigenvalue weighted by molar-refractivity contribution is 0.0683. The van der Waals surface area contributed by atoms with Gasteiger partial charge in [0, 0.05) is 27.2 Å². The molecule has 0 saturated heterocycles. The predicted octanol–water partition coefficient (Wildman–Crippen LogP) is 4.73. The minimum Gasteiger partial charge on any atom is -0.477 e. The Hall–Kier alpha value is -4.38. The predicted molar refractivity (Wildman–Crippen MR) is 135 cm³/mol. The monoisotopic (exact) mass is 572 g/mol. The van der Waals surface area contributed by atoms with Crippen molar-refractivity contribution in [3.8, 4) is 11.4 Å². The number of carboxylic acids is 2. The number of benzene rings is 2. The first-order chi connectivity index (χ1) is 17.4. The van der Waals surface area contributed by atoms with Crippen molar-refractivity contribution in [2.75, 3.05) is 0 Å². The second-order valence-electron chi connectivity index (χ2n) is 7.72. The zero-order chi connectivity index (χ0) is 27.4. The van der Waals surface area contributed by atoms with Crippen LogP contribution in [0.4, 0.5) is 8.78 Å². The molecule has 0 atom stereocenters. The highest BCUT2D eigenvalue weighted by molar-refractivity contribution is 9.10. The third-order valence-electron chi connectivity index (χ3n) is 5.29. The molecule has 0 spiro atoms. The van der Waals surface area contributed by atoms with Gasteiger partial charge >= 0.3 is 11.9 Å². The molecule has 0 amide bonds. The van der Waals surface area contributed by atoms with E-state index in [2.05, 4.69) is 15.9 Å². The lowest BCUT2D eigenvalue weighted by atomic mass is 10.2. The second kappa shape index (κ2) is 11.1. The lowest BCUT2D eigenvalue weighted by Crippen LogP contribution is -2.27. The minimum atomic E-state index is -1.30. The molecule has 11 heteroatoms. The lowest BCUT2D eigenvalue weighted by Gasteiger charge is -2.12. The number of aromatic nitrogens is 2. The van der Waals surface area contributed by atoms with E-state index in [9.17, 15) is 28.0 Å². The number of rotatable bonds is 4. The Kier molecular flexibility index (Phi) is 8.18. The molecular weight excluding hydrogens is 554 g/mol. The quantitative estimate of drug-likeness (QED) is 0.365. The first-order valence-corrected chi connectivity index (χ1v) is 11.3. The highest BCUT2D eigenvalue weighted by Crippen LogP contribution is 2.19. The molecule has 0 bridgehead atoms. The third-order valence-corrected chi connectivity index (χ3v) is 6.10. The van der Waals surface area contributed by atoms with E-state index in [0.29, 0.717) is 27.2 Å². The van der Waals surface area contributed by atoms with Gasteiger partial charge in [0.1, 0.15) is 22.8 Å². The molecule has 2 aromatic carbocycles. The van der Waals surface area contributed by atoms with Gasteiger partial charge in [0.25, 0.3) is 11.1 Å². The first-order valence-electron chi connectivity index (χ1n) is 10.6. The largest absolute Gasteiger partial charge is 0.477 e. The van der Waals surface area contributed by atoms with Crippen molar-refractivity contribution in [2.24, 2.45) is 0 Å². The maximum atomic E-state index is 12.9. The summed E-state index contributed by atoms with van der Waals surface area (Å²) in [6, 6.07) is 14.6. The Balaban J connectivity index is 0.000000206. The van der Waals surface area contributed by atoms with Gasteiger partial charge in [0.2, 0.25) is 0 Å². The minimum absolute atomic E-state index is 0.315. The fourth-order valence-electron chi connectivity index (χ4n) is 3.43. The molecule has 2 N–H and O–H groups in total. The number of carbonyl (C=O) groups is 2.